The molecule has 2 N–H and O–H groups in total. The van der Waals surface area contributed by atoms with E-state index in [1.807, 2.05) is 0 Å². The van der Waals surface area contributed by atoms with Crippen molar-refractivity contribution in [2.75, 3.05) is 5.32 Å². The van der Waals surface area contributed by atoms with E-state index < -0.39 is 5.54 Å². The number of anilines is 1. The molecule has 1 aromatic carbocycles. The molecule has 1 fully saturated rings. The highest BCUT2D eigenvalue weighted by atomic mass is 35.5. The fourth-order valence-corrected chi connectivity index (χ4v) is 4.03. The van der Waals surface area contributed by atoms with Crippen molar-refractivity contribution in [2.24, 2.45) is 0 Å². The molecule has 0 atom stereocenters. The summed E-state index contributed by atoms with van der Waals surface area (Å²) in [6, 6.07) is 1.50. The number of amides is 2. The maximum Gasteiger partial charge on any atom is 0.319 e. The van der Waals surface area contributed by atoms with E-state index >= 15 is 0 Å². The second-order valence-electron chi connectivity index (χ2n) is 5.92. The van der Waals surface area contributed by atoms with E-state index in [-0.39, 0.29) is 11.9 Å². The Morgan fingerprint density at radius 2 is 2.09 bits per heavy atom. The number of fused-ring (bicyclic) bond motifs is 4. The highest BCUT2D eigenvalue weighted by molar-refractivity contribution is 6.35. The van der Waals surface area contributed by atoms with Crippen molar-refractivity contribution >= 4 is 46.0 Å². The zero-order valence-corrected chi connectivity index (χ0v) is 13.4. The number of carbonyl (C=O) groups is 1. The first-order chi connectivity index (χ1) is 10.6. The van der Waals surface area contributed by atoms with Crippen LogP contribution in [0.4, 0.5) is 10.5 Å². The summed E-state index contributed by atoms with van der Waals surface area (Å²) in [5, 5.41) is 6.40. The van der Waals surface area contributed by atoms with Gasteiger partial charge in [-0.05, 0) is 18.9 Å². The van der Waals surface area contributed by atoms with Crippen LogP contribution in [0.1, 0.15) is 43.6 Å². The van der Waals surface area contributed by atoms with Crippen LogP contribution in [0.15, 0.2) is 10.5 Å². The van der Waals surface area contributed by atoms with Crippen LogP contribution in [0.5, 0.6) is 0 Å². The third-order valence-corrected chi connectivity index (χ3v) is 5.10. The highest BCUT2D eigenvalue weighted by Crippen LogP contribution is 2.48. The minimum Gasteiger partial charge on any atom is -0.439 e. The molecule has 116 valence electrons. The summed E-state index contributed by atoms with van der Waals surface area (Å²) in [5.41, 5.74) is 2.48. The van der Waals surface area contributed by atoms with Gasteiger partial charge in [0.15, 0.2) is 5.58 Å². The highest BCUT2D eigenvalue weighted by Gasteiger charge is 2.43. The molecular weight excluding hydrogens is 325 g/mol. The van der Waals surface area contributed by atoms with Gasteiger partial charge in [-0.15, -0.1) is 11.6 Å². The van der Waals surface area contributed by atoms with Gasteiger partial charge in [0.25, 0.3) is 0 Å². The third-order valence-electron chi connectivity index (χ3n) is 4.57. The lowest BCUT2D eigenvalue weighted by molar-refractivity contribution is 0.209. The summed E-state index contributed by atoms with van der Waals surface area (Å²) >= 11 is 12.2. The lowest BCUT2D eigenvalue weighted by Crippen LogP contribution is -2.52. The number of nitrogens with one attached hydrogen (secondary N) is 2. The third kappa shape index (κ3) is 1.99. The average molecular weight is 340 g/mol. The van der Waals surface area contributed by atoms with Crippen molar-refractivity contribution in [3.63, 3.8) is 0 Å². The number of urea groups is 1. The van der Waals surface area contributed by atoms with Crippen molar-refractivity contribution in [3.05, 3.63) is 22.5 Å². The summed E-state index contributed by atoms with van der Waals surface area (Å²) in [6.07, 6.45) is 5.04. The van der Waals surface area contributed by atoms with Crippen LogP contribution < -0.4 is 10.6 Å². The minimum atomic E-state index is -0.428. The monoisotopic (exact) mass is 339 g/mol. The number of aromatic nitrogens is 1. The number of hydrogen-bond acceptors (Lipinski definition) is 3. The lowest BCUT2D eigenvalue weighted by Gasteiger charge is -2.42. The van der Waals surface area contributed by atoms with Crippen molar-refractivity contribution < 1.29 is 9.21 Å². The molecule has 5 nitrogen and oxygen atoms in total. The van der Waals surface area contributed by atoms with Crippen molar-refractivity contribution in [3.8, 4) is 0 Å². The van der Waals surface area contributed by atoms with E-state index in [1.54, 1.807) is 6.07 Å². The Labute approximate surface area is 137 Å². The summed E-state index contributed by atoms with van der Waals surface area (Å²) < 4.78 is 5.84. The van der Waals surface area contributed by atoms with Crippen molar-refractivity contribution in [2.45, 2.75) is 43.5 Å². The van der Waals surface area contributed by atoms with Gasteiger partial charge in [0.05, 0.1) is 22.1 Å². The zero-order chi connectivity index (χ0) is 15.3. The van der Waals surface area contributed by atoms with E-state index in [2.05, 4.69) is 15.6 Å². The Hall–Kier alpha value is -1.46. The average Bonchev–Trinajstić information content (AvgIpc) is 2.90. The first-order valence-corrected chi connectivity index (χ1v) is 8.32. The summed E-state index contributed by atoms with van der Waals surface area (Å²) in [6.45, 7) is 0. The van der Waals surface area contributed by atoms with Crippen LogP contribution in [-0.4, -0.2) is 11.0 Å². The van der Waals surface area contributed by atoms with Gasteiger partial charge in [0, 0.05) is 5.56 Å². The Morgan fingerprint density at radius 3 is 2.82 bits per heavy atom. The Bertz CT molecular complexity index is 766. The first kappa shape index (κ1) is 14.2. The predicted octanol–water partition coefficient (Wildman–Crippen LogP) is 4.51. The fourth-order valence-electron chi connectivity index (χ4n) is 3.67. The second-order valence-corrected chi connectivity index (χ2v) is 6.59. The Kier molecular flexibility index (Phi) is 3.24. The Morgan fingerprint density at radius 1 is 1.32 bits per heavy atom. The van der Waals surface area contributed by atoms with Gasteiger partial charge >= 0.3 is 6.03 Å². The Balaban J connectivity index is 2.03. The maximum absolute atomic E-state index is 12.1. The molecule has 1 aliphatic carbocycles. The van der Waals surface area contributed by atoms with E-state index in [1.165, 1.54) is 6.42 Å². The molecule has 7 heteroatoms. The minimum absolute atomic E-state index is 0.202. The summed E-state index contributed by atoms with van der Waals surface area (Å²) in [5.74, 6) is 0.664. The quantitative estimate of drug-likeness (QED) is 0.751. The number of oxazole rings is 1. The molecule has 0 radical (unpaired) electrons. The number of hydrogen-bond donors (Lipinski definition) is 2. The molecule has 0 saturated heterocycles. The topological polar surface area (TPSA) is 67.2 Å². The molecule has 4 rings (SSSR count). The number of benzene rings is 1. The van der Waals surface area contributed by atoms with Gasteiger partial charge < -0.3 is 15.1 Å². The SMILES string of the molecule is O=C1Nc2c(Cl)cc3nc(CCl)oc3c2C2(CCCCC2)N1. The molecule has 1 saturated carbocycles. The second kappa shape index (κ2) is 5.03. The van der Waals surface area contributed by atoms with E-state index in [0.717, 1.165) is 31.2 Å². The van der Waals surface area contributed by atoms with Gasteiger partial charge in [-0.2, -0.15) is 0 Å². The van der Waals surface area contributed by atoms with E-state index in [9.17, 15) is 4.79 Å². The van der Waals surface area contributed by atoms with Gasteiger partial charge in [0.1, 0.15) is 5.52 Å². The van der Waals surface area contributed by atoms with Crippen LogP contribution >= 0.6 is 23.2 Å². The standard InChI is InChI=1S/C15H15Cl2N3O2/c16-7-10-18-9-6-8(17)12-11(13(9)22-10)15(20-14(21)19-12)4-2-1-3-5-15/h6H,1-5,7H2,(H2,19,20,21). The molecule has 2 aliphatic rings. The normalized spacial score (nSPS) is 19.8. The molecular formula is C15H15Cl2N3O2. The van der Waals surface area contributed by atoms with Gasteiger partial charge in [-0.3, -0.25) is 0 Å². The lowest BCUT2D eigenvalue weighted by atomic mass is 9.74. The van der Waals surface area contributed by atoms with Gasteiger partial charge in [-0.25, -0.2) is 9.78 Å². The first-order valence-electron chi connectivity index (χ1n) is 7.40. The molecule has 2 aromatic rings. The molecule has 1 aromatic heterocycles. The van der Waals surface area contributed by atoms with Crippen molar-refractivity contribution in [1.29, 1.82) is 0 Å². The molecule has 2 heterocycles. The van der Waals surface area contributed by atoms with Gasteiger partial charge in [-0.1, -0.05) is 30.9 Å². The number of nitrogens with zero attached hydrogens (tertiary/aromatic N) is 1. The number of rotatable bonds is 1. The van der Waals surface area contributed by atoms with Crippen molar-refractivity contribution in [1.82, 2.24) is 10.3 Å². The van der Waals surface area contributed by atoms with Crippen LogP contribution in [0.25, 0.3) is 11.1 Å². The van der Waals surface area contributed by atoms with Crippen LogP contribution in [0.2, 0.25) is 5.02 Å². The molecule has 22 heavy (non-hydrogen) atoms. The molecule has 2 amide bonds. The number of carbonyl (C=O) groups excluding carboxylic acids is 1. The number of halogens is 2. The number of alkyl halides is 1. The maximum atomic E-state index is 12.1. The molecule has 1 spiro atoms. The zero-order valence-electron chi connectivity index (χ0n) is 11.8. The largest absolute Gasteiger partial charge is 0.439 e. The molecule has 0 bridgehead atoms. The predicted molar refractivity (Wildman–Crippen MR) is 85.5 cm³/mol. The fraction of sp³-hybridized carbons (Fsp3) is 0.467. The van der Waals surface area contributed by atoms with Crippen LogP contribution in [0, 0.1) is 0 Å². The summed E-state index contributed by atoms with van der Waals surface area (Å²) in [7, 11) is 0. The van der Waals surface area contributed by atoms with E-state index in [4.69, 9.17) is 27.6 Å². The molecule has 1 aliphatic heterocycles. The van der Waals surface area contributed by atoms with Gasteiger partial charge in [0.2, 0.25) is 5.89 Å². The summed E-state index contributed by atoms with van der Waals surface area (Å²) in [4.78, 5) is 16.5. The van der Waals surface area contributed by atoms with E-state index in [0.29, 0.717) is 27.7 Å². The smallest absolute Gasteiger partial charge is 0.319 e. The molecule has 0 unspecified atom stereocenters. The van der Waals surface area contributed by atoms with Crippen LogP contribution in [0.3, 0.4) is 0 Å². The van der Waals surface area contributed by atoms with Crippen LogP contribution in [-0.2, 0) is 11.4 Å².